The van der Waals surface area contributed by atoms with Gasteiger partial charge in [0.2, 0.25) is 20.0 Å². The predicted molar refractivity (Wildman–Crippen MR) is 134 cm³/mol. The van der Waals surface area contributed by atoms with Crippen molar-refractivity contribution in [2.24, 2.45) is 0 Å². The summed E-state index contributed by atoms with van der Waals surface area (Å²) < 4.78 is 80.3. The molecule has 0 amide bonds. The van der Waals surface area contributed by atoms with Gasteiger partial charge in [0, 0.05) is 13.1 Å². The molecule has 38 heavy (non-hydrogen) atoms. The zero-order chi connectivity index (χ0) is 28.6. The minimum atomic E-state index is -4.63. The van der Waals surface area contributed by atoms with E-state index in [9.17, 15) is 50.2 Å². The number of nitrogens with one attached hydrogen (secondary N) is 1. The van der Waals surface area contributed by atoms with Gasteiger partial charge in [-0.25, -0.2) is 39.6 Å². The molecule has 1 aliphatic rings. The van der Waals surface area contributed by atoms with Crippen LogP contribution in [-0.4, -0.2) is 93.6 Å². The Labute approximate surface area is 219 Å². The molecule has 0 saturated carbocycles. The number of aromatic carboxylic acids is 2. The van der Waals surface area contributed by atoms with Crippen molar-refractivity contribution in [1.82, 2.24) is 9.03 Å². The summed E-state index contributed by atoms with van der Waals surface area (Å²) in [4.78, 5) is 21.9. The van der Waals surface area contributed by atoms with Crippen molar-refractivity contribution in [1.29, 1.82) is 0 Å². The lowest BCUT2D eigenvalue weighted by atomic mass is 10.1. The molecular weight excluding hydrogens is 564 g/mol. The fourth-order valence-corrected chi connectivity index (χ4v) is 9.17. The zero-order valence-corrected chi connectivity index (χ0v) is 22.7. The topological polar surface area (TPSA) is 213 Å². The molecule has 4 N–H and O–H groups in total. The standard InChI is InChI=1S/C22H26N2O11S3/c1-13-3-5-15(21(26)27)9-19(13)37(32,33)23-7-8-24(17-11-36(30,31)12-18(17)25)38(34,35)20-10-16(22(28)29)6-4-14(20)2/h3-6,9-10,17-18,23,25H,7-8,11-12H2,1-2H3,(H,26,27)(H,28,29)/t17-,18-/m1/s1. The van der Waals surface area contributed by atoms with Crippen LogP contribution < -0.4 is 4.72 Å². The van der Waals surface area contributed by atoms with Crippen molar-refractivity contribution < 1.29 is 50.2 Å². The number of carbonyl (C=O) groups is 2. The Morgan fingerprint density at radius 2 is 1.42 bits per heavy atom. The molecule has 0 aliphatic carbocycles. The Hall–Kier alpha value is -2.89. The van der Waals surface area contributed by atoms with Gasteiger partial charge in [0.1, 0.15) is 0 Å². The molecule has 1 fully saturated rings. The second-order valence-electron chi connectivity index (χ2n) is 8.80. The van der Waals surface area contributed by atoms with Gasteiger partial charge in [-0.05, 0) is 49.2 Å². The summed E-state index contributed by atoms with van der Waals surface area (Å²) in [5.74, 6) is -4.18. The van der Waals surface area contributed by atoms with E-state index in [-0.39, 0.29) is 27.1 Å². The Kier molecular flexibility index (Phi) is 8.35. The number of benzene rings is 2. The Morgan fingerprint density at radius 1 is 0.921 bits per heavy atom. The average molecular weight is 591 g/mol. The zero-order valence-electron chi connectivity index (χ0n) is 20.2. The Balaban J connectivity index is 1.98. The van der Waals surface area contributed by atoms with Crippen LogP contribution in [0.15, 0.2) is 46.2 Å². The number of carboxylic acids is 2. The van der Waals surface area contributed by atoms with Gasteiger partial charge in [0.25, 0.3) is 0 Å². The van der Waals surface area contributed by atoms with Crippen LogP contribution in [0.4, 0.5) is 0 Å². The number of aliphatic hydroxyl groups is 1. The molecule has 1 heterocycles. The summed E-state index contributed by atoms with van der Waals surface area (Å²) in [5.41, 5.74) is -0.251. The average Bonchev–Trinajstić information content (AvgIpc) is 3.07. The third-order valence-electron chi connectivity index (χ3n) is 6.03. The van der Waals surface area contributed by atoms with E-state index in [1.807, 2.05) is 0 Å². The first kappa shape index (κ1) is 29.7. The third-order valence-corrected chi connectivity index (χ3v) is 11.4. The minimum absolute atomic E-state index is 0.150. The number of aliphatic hydroxyl groups excluding tert-OH is 1. The summed E-state index contributed by atoms with van der Waals surface area (Å²) in [6.07, 6.45) is -1.61. The van der Waals surface area contributed by atoms with Crippen molar-refractivity contribution in [3.63, 3.8) is 0 Å². The number of aryl methyl sites for hydroxylation is 2. The molecule has 0 spiro atoms. The van der Waals surface area contributed by atoms with E-state index < -0.39 is 83.5 Å². The maximum Gasteiger partial charge on any atom is 0.335 e. The molecule has 3 rings (SSSR count). The van der Waals surface area contributed by atoms with E-state index in [4.69, 9.17) is 0 Å². The van der Waals surface area contributed by atoms with Crippen molar-refractivity contribution >= 4 is 41.8 Å². The summed E-state index contributed by atoms with van der Waals surface area (Å²) in [6, 6.07) is 5.37. The first-order valence-electron chi connectivity index (χ1n) is 11.0. The highest BCUT2D eigenvalue weighted by atomic mass is 32.2. The van der Waals surface area contributed by atoms with Crippen molar-refractivity contribution in [2.75, 3.05) is 24.6 Å². The van der Waals surface area contributed by atoms with Crippen molar-refractivity contribution in [2.45, 2.75) is 35.8 Å². The van der Waals surface area contributed by atoms with Gasteiger partial charge in [0.05, 0.1) is 44.6 Å². The van der Waals surface area contributed by atoms with Crippen LogP contribution in [0.2, 0.25) is 0 Å². The molecule has 0 unspecified atom stereocenters. The Bertz CT molecular complexity index is 1600. The molecule has 1 aliphatic heterocycles. The van der Waals surface area contributed by atoms with Gasteiger partial charge in [-0.2, -0.15) is 4.31 Å². The number of sulfone groups is 1. The molecule has 13 nitrogen and oxygen atoms in total. The lowest BCUT2D eigenvalue weighted by molar-refractivity contribution is 0.0685. The smallest absolute Gasteiger partial charge is 0.335 e. The van der Waals surface area contributed by atoms with E-state index in [0.717, 1.165) is 12.1 Å². The second kappa shape index (κ2) is 10.7. The van der Waals surface area contributed by atoms with Crippen LogP contribution in [0.25, 0.3) is 0 Å². The summed E-state index contributed by atoms with van der Waals surface area (Å²) in [7, 11) is -12.8. The number of sulfonamides is 2. The summed E-state index contributed by atoms with van der Waals surface area (Å²) in [5, 5.41) is 28.9. The van der Waals surface area contributed by atoms with Crippen LogP contribution in [0.5, 0.6) is 0 Å². The largest absolute Gasteiger partial charge is 0.478 e. The molecule has 2 aromatic rings. The number of hydrogen-bond donors (Lipinski definition) is 4. The number of rotatable bonds is 10. The van der Waals surface area contributed by atoms with Crippen LogP contribution in [0, 0.1) is 13.8 Å². The maximum atomic E-state index is 13.7. The first-order valence-corrected chi connectivity index (χ1v) is 15.8. The lowest BCUT2D eigenvalue weighted by Crippen LogP contribution is -2.49. The van der Waals surface area contributed by atoms with Gasteiger partial charge in [-0.15, -0.1) is 0 Å². The first-order chi connectivity index (χ1) is 17.5. The molecule has 0 radical (unpaired) electrons. The lowest BCUT2D eigenvalue weighted by Gasteiger charge is -2.30. The van der Waals surface area contributed by atoms with E-state index in [2.05, 4.69) is 4.72 Å². The highest BCUT2D eigenvalue weighted by Gasteiger charge is 2.45. The molecule has 2 atom stereocenters. The van der Waals surface area contributed by atoms with Gasteiger partial charge in [0.15, 0.2) is 9.84 Å². The molecular formula is C22H26N2O11S3. The van der Waals surface area contributed by atoms with E-state index >= 15 is 0 Å². The molecule has 208 valence electrons. The predicted octanol–water partition coefficient (Wildman–Crippen LogP) is -0.173. The molecule has 1 saturated heterocycles. The Morgan fingerprint density at radius 3 is 1.89 bits per heavy atom. The second-order valence-corrected chi connectivity index (χ2v) is 14.5. The highest BCUT2D eigenvalue weighted by Crippen LogP contribution is 2.28. The number of nitrogens with zero attached hydrogens (tertiary/aromatic N) is 1. The summed E-state index contributed by atoms with van der Waals surface area (Å²) in [6.45, 7) is 1.65. The van der Waals surface area contributed by atoms with E-state index in [1.165, 1.54) is 38.1 Å². The minimum Gasteiger partial charge on any atom is -0.478 e. The highest BCUT2D eigenvalue weighted by molar-refractivity contribution is 7.92. The van der Waals surface area contributed by atoms with Crippen molar-refractivity contribution in [3.8, 4) is 0 Å². The fourth-order valence-electron chi connectivity index (χ4n) is 4.08. The molecule has 0 aromatic heterocycles. The SMILES string of the molecule is Cc1ccc(C(=O)O)cc1S(=O)(=O)NCCN([C@@H]1CS(=O)(=O)C[C@H]1O)S(=O)(=O)c1cc(C(=O)O)ccc1C. The van der Waals surface area contributed by atoms with Gasteiger partial charge >= 0.3 is 11.9 Å². The quantitative estimate of drug-likeness (QED) is 0.285. The third kappa shape index (κ3) is 6.22. The molecule has 0 bridgehead atoms. The summed E-state index contributed by atoms with van der Waals surface area (Å²) >= 11 is 0. The van der Waals surface area contributed by atoms with Crippen LogP contribution >= 0.6 is 0 Å². The van der Waals surface area contributed by atoms with Gasteiger partial charge < -0.3 is 15.3 Å². The van der Waals surface area contributed by atoms with Crippen LogP contribution in [-0.2, 0) is 29.9 Å². The maximum absolute atomic E-state index is 13.7. The van der Waals surface area contributed by atoms with Gasteiger partial charge in [-0.3, -0.25) is 0 Å². The van der Waals surface area contributed by atoms with Crippen LogP contribution in [0.1, 0.15) is 31.8 Å². The molecule has 16 heteroatoms. The van der Waals surface area contributed by atoms with Crippen LogP contribution in [0.3, 0.4) is 0 Å². The molecule has 2 aromatic carbocycles. The number of hydrogen-bond acceptors (Lipinski definition) is 9. The van der Waals surface area contributed by atoms with E-state index in [0.29, 0.717) is 4.31 Å². The fraction of sp³-hybridized carbons (Fsp3) is 0.364. The van der Waals surface area contributed by atoms with Crippen molar-refractivity contribution in [3.05, 3.63) is 58.7 Å². The van der Waals surface area contributed by atoms with Gasteiger partial charge in [-0.1, -0.05) is 12.1 Å². The van der Waals surface area contributed by atoms with E-state index in [1.54, 1.807) is 0 Å². The number of carboxylic acid groups (broad SMARTS) is 2. The normalized spacial score (nSPS) is 19.5. The monoisotopic (exact) mass is 590 g/mol.